The van der Waals surface area contributed by atoms with Crippen molar-refractivity contribution in [1.82, 2.24) is 14.8 Å². The molecule has 0 aliphatic rings. The number of methoxy groups -OCH3 is 4. The van der Waals surface area contributed by atoms with Crippen LogP contribution in [0.5, 0.6) is 23.0 Å². The van der Waals surface area contributed by atoms with Crippen molar-refractivity contribution in [2.45, 2.75) is 18.6 Å². The zero-order valence-electron chi connectivity index (χ0n) is 19.0. The number of hydrogen-bond acceptors (Lipinski definition) is 8. The predicted octanol–water partition coefficient (Wildman–Crippen LogP) is 4.22. The molecule has 10 heteroatoms. The van der Waals surface area contributed by atoms with E-state index in [9.17, 15) is 9.90 Å². The Balaban J connectivity index is 2.03. The molecule has 9 nitrogen and oxygen atoms in total. The van der Waals surface area contributed by atoms with Crippen molar-refractivity contribution in [2.75, 3.05) is 28.4 Å². The summed E-state index contributed by atoms with van der Waals surface area (Å²) < 4.78 is 23.2. The Kier molecular flexibility index (Phi) is 7.83. The Morgan fingerprint density at radius 1 is 0.970 bits per heavy atom. The molecule has 1 aromatic heterocycles. The monoisotopic (exact) mass is 471 g/mol. The SMILES string of the molecule is CCn1c(S/C(=C\c2cc(OC)ccc2OC)C(=O)O)nnc1-c1cc(OC)cc(OC)c1. The van der Waals surface area contributed by atoms with Gasteiger partial charge >= 0.3 is 5.97 Å². The van der Waals surface area contributed by atoms with Crippen LogP contribution in [0.3, 0.4) is 0 Å². The molecule has 0 saturated carbocycles. The number of thioether (sulfide) groups is 1. The van der Waals surface area contributed by atoms with Crippen molar-refractivity contribution >= 4 is 23.8 Å². The number of ether oxygens (including phenoxy) is 4. The van der Waals surface area contributed by atoms with Crippen LogP contribution in [0.15, 0.2) is 46.5 Å². The maximum absolute atomic E-state index is 12.1. The van der Waals surface area contributed by atoms with Gasteiger partial charge in [0.25, 0.3) is 0 Å². The topological polar surface area (TPSA) is 105 Å². The number of rotatable bonds is 10. The summed E-state index contributed by atoms with van der Waals surface area (Å²) >= 11 is 1.00. The average Bonchev–Trinajstić information content (AvgIpc) is 3.25. The second-order valence-corrected chi connectivity index (χ2v) is 7.68. The first-order chi connectivity index (χ1) is 15.9. The molecular weight excluding hydrogens is 446 g/mol. The molecule has 3 rings (SSSR count). The van der Waals surface area contributed by atoms with Crippen LogP contribution >= 0.6 is 11.8 Å². The standard InChI is InChI=1S/C23H25N3O6S/c1-6-26-21(15-10-17(30-3)13-18(11-15)31-4)24-25-23(26)33-20(22(27)28)12-14-9-16(29-2)7-8-19(14)32-5/h7-13H,6H2,1-5H3,(H,27,28)/b20-12-. The molecule has 174 valence electrons. The third-order valence-electron chi connectivity index (χ3n) is 4.78. The number of carboxylic acids is 1. The lowest BCUT2D eigenvalue weighted by molar-refractivity contribution is -0.131. The van der Waals surface area contributed by atoms with Crippen molar-refractivity contribution < 1.29 is 28.8 Å². The highest BCUT2D eigenvalue weighted by Gasteiger charge is 2.20. The predicted molar refractivity (Wildman–Crippen MR) is 125 cm³/mol. The van der Waals surface area contributed by atoms with Crippen LogP contribution in [0.1, 0.15) is 12.5 Å². The third-order valence-corrected chi connectivity index (χ3v) is 5.78. The van der Waals surface area contributed by atoms with Gasteiger partial charge in [0.05, 0.1) is 28.4 Å². The van der Waals surface area contributed by atoms with Gasteiger partial charge in [-0.1, -0.05) is 0 Å². The van der Waals surface area contributed by atoms with E-state index in [0.717, 1.165) is 17.3 Å². The minimum absolute atomic E-state index is 0.0541. The fourth-order valence-corrected chi connectivity index (χ4v) is 4.00. The van der Waals surface area contributed by atoms with Crippen molar-refractivity contribution in [3.05, 3.63) is 46.9 Å². The van der Waals surface area contributed by atoms with Crippen molar-refractivity contribution in [2.24, 2.45) is 0 Å². The van der Waals surface area contributed by atoms with Gasteiger partial charge in [0, 0.05) is 23.7 Å². The van der Waals surface area contributed by atoms with Crippen LogP contribution in [-0.2, 0) is 11.3 Å². The van der Waals surface area contributed by atoms with Gasteiger partial charge in [0.15, 0.2) is 11.0 Å². The van der Waals surface area contributed by atoms with Gasteiger partial charge < -0.3 is 28.6 Å². The summed E-state index contributed by atoms with van der Waals surface area (Å²) in [4.78, 5) is 12.1. The fraction of sp³-hybridized carbons (Fsp3) is 0.261. The second-order valence-electron chi connectivity index (χ2n) is 6.68. The van der Waals surface area contributed by atoms with E-state index in [0.29, 0.717) is 46.1 Å². The molecule has 3 aromatic rings. The van der Waals surface area contributed by atoms with Crippen molar-refractivity contribution in [1.29, 1.82) is 0 Å². The normalized spacial score (nSPS) is 11.2. The molecule has 0 radical (unpaired) electrons. The number of carbonyl (C=O) groups is 1. The van der Waals surface area contributed by atoms with E-state index in [1.165, 1.54) is 13.2 Å². The van der Waals surface area contributed by atoms with Crippen LogP contribution in [0, 0.1) is 0 Å². The minimum Gasteiger partial charge on any atom is -0.497 e. The fourth-order valence-electron chi connectivity index (χ4n) is 3.13. The zero-order valence-corrected chi connectivity index (χ0v) is 19.8. The minimum atomic E-state index is -1.10. The second kappa shape index (κ2) is 10.8. The van der Waals surface area contributed by atoms with Gasteiger partial charge in [-0.3, -0.25) is 0 Å². The van der Waals surface area contributed by atoms with E-state index in [1.807, 2.05) is 23.6 Å². The van der Waals surface area contributed by atoms with Gasteiger partial charge in [-0.25, -0.2) is 4.79 Å². The number of carboxylic acid groups (broad SMARTS) is 1. The van der Waals surface area contributed by atoms with Crippen molar-refractivity contribution in [3.63, 3.8) is 0 Å². The van der Waals surface area contributed by atoms with Crippen LogP contribution in [-0.4, -0.2) is 54.3 Å². The van der Waals surface area contributed by atoms with Gasteiger partial charge in [-0.15, -0.1) is 10.2 Å². The Labute approximate surface area is 196 Å². The lowest BCUT2D eigenvalue weighted by atomic mass is 10.1. The van der Waals surface area contributed by atoms with Crippen molar-refractivity contribution in [3.8, 4) is 34.4 Å². The van der Waals surface area contributed by atoms with E-state index in [2.05, 4.69) is 10.2 Å². The highest BCUT2D eigenvalue weighted by molar-refractivity contribution is 8.04. The van der Waals surface area contributed by atoms with E-state index >= 15 is 0 Å². The summed E-state index contributed by atoms with van der Waals surface area (Å²) in [6, 6.07) is 10.6. The van der Waals surface area contributed by atoms with Gasteiger partial charge in [-0.05, 0) is 55.1 Å². The van der Waals surface area contributed by atoms with E-state index < -0.39 is 5.97 Å². The number of benzene rings is 2. The first-order valence-electron chi connectivity index (χ1n) is 9.95. The molecule has 0 aliphatic carbocycles. The van der Waals surface area contributed by atoms with Gasteiger partial charge in [0.2, 0.25) is 0 Å². The lowest BCUT2D eigenvalue weighted by Crippen LogP contribution is -2.03. The molecule has 0 amide bonds. The molecule has 0 fully saturated rings. The molecule has 0 aliphatic heterocycles. The molecule has 0 bridgehead atoms. The number of nitrogens with zero attached hydrogens (tertiary/aromatic N) is 3. The Morgan fingerprint density at radius 2 is 1.64 bits per heavy atom. The molecule has 2 aromatic carbocycles. The molecule has 0 atom stereocenters. The molecular formula is C23H25N3O6S. The molecule has 0 unspecified atom stereocenters. The summed E-state index contributed by atoms with van der Waals surface area (Å²) in [7, 11) is 6.21. The van der Waals surface area contributed by atoms with E-state index in [4.69, 9.17) is 18.9 Å². The molecule has 0 saturated heterocycles. The summed E-state index contributed by atoms with van der Waals surface area (Å²) in [6.45, 7) is 2.46. The highest BCUT2D eigenvalue weighted by Crippen LogP contribution is 2.35. The Hall–Kier alpha value is -3.66. The van der Waals surface area contributed by atoms with Crippen LogP contribution in [0.25, 0.3) is 17.5 Å². The van der Waals surface area contributed by atoms with Gasteiger partial charge in [0.1, 0.15) is 27.9 Å². The summed E-state index contributed by atoms with van der Waals surface area (Å²) in [5.74, 6) is 1.81. The first-order valence-corrected chi connectivity index (χ1v) is 10.8. The van der Waals surface area contributed by atoms with Gasteiger partial charge in [-0.2, -0.15) is 0 Å². The van der Waals surface area contributed by atoms with Crippen LogP contribution in [0.4, 0.5) is 0 Å². The maximum atomic E-state index is 12.1. The van der Waals surface area contributed by atoms with Crippen LogP contribution < -0.4 is 18.9 Å². The highest BCUT2D eigenvalue weighted by atomic mass is 32.2. The average molecular weight is 472 g/mol. The van der Waals surface area contributed by atoms with E-state index in [-0.39, 0.29) is 4.91 Å². The number of hydrogen-bond donors (Lipinski definition) is 1. The lowest BCUT2D eigenvalue weighted by Gasteiger charge is -2.11. The maximum Gasteiger partial charge on any atom is 0.342 e. The molecule has 1 N–H and O–H groups in total. The summed E-state index contributed by atoms with van der Waals surface area (Å²) in [6.07, 6.45) is 1.53. The number of aliphatic carboxylic acids is 1. The Bertz CT molecular complexity index is 1150. The third kappa shape index (κ3) is 5.40. The first kappa shape index (κ1) is 24.0. The summed E-state index contributed by atoms with van der Waals surface area (Å²) in [5, 5.41) is 18.8. The largest absolute Gasteiger partial charge is 0.497 e. The van der Waals surface area contributed by atoms with Crippen LogP contribution in [0.2, 0.25) is 0 Å². The zero-order chi connectivity index (χ0) is 24.0. The number of aromatic nitrogens is 3. The molecule has 1 heterocycles. The van der Waals surface area contributed by atoms with E-state index in [1.54, 1.807) is 45.6 Å². The molecule has 0 spiro atoms. The molecule has 33 heavy (non-hydrogen) atoms. The summed E-state index contributed by atoms with van der Waals surface area (Å²) in [5.41, 5.74) is 1.31. The quantitative estimate of drug-likeness (QED) is 0.344. The smallest absolute Gasteiger partial charge is 0.342 e. The Morgan fingerprint density at radius 3 is 2.18 bits per heavy atom.